The maximum Gasteiger partial charge on any atom is 0.134 e. The van der Waals surface area contributed by atoms with Crippen LogP contribution in [0, 0.1) is 5.92 Å². The summed E-state index contributed by atoms with van der Waals surface area (Å²) < 4.78 is 0.761. The van der Waals surface area contributed by atoms with Gasteiger partial charge in [-0.15, -0.1) is 0 Å². The number of benzene rings is 1. The minimum Gasteiger partial charge on any atom is -0.506 e. The second-order valence-corrected chi connectivity index (χ2v) is 6.30. The molecule has 0 aliphatic carbocycles. The van der Waals surface area contributed by atoms with Gasteiger partial charge in [-0.2, -0.15) is 0 Å². The second kappa shape index (κ2) is 7.27. The van der Waals surface area contributed by atoms with E-state index in [0.29, 0.717) is 5.75 Å². The summed E-state index contributed by atoms with van der Waals surface area (Å²) in [6, 6.07) is 5.76. The van der Waals surface area contributed by atoms with Gasteiger partial charge in [0.25, 0.3) is 0 Å². The highest BCUT2D eigenvalue weighted by molar-refractivity contribution is 9.10. The first kappa shape index (κ1) is 14.8. The maximum atomic E-state index is 9.88. The number of nitrogens with zero attached hydrogens (tertiary/aromatic N) is 1. The van der Waals surface area contributed by atoms with Gasteiger partial charge in [0.1, 0.15) is 5.75 Å². The number of aromatic hydroxyl groups is 1. The van der Waals surface area contributed by atoms with Crippen LogP contribution in [-0.4, -0.2) is 36.2 Å². The Bertz CT molecular complexity index is 403. The van der Waals surface area contributed by atoms with E-state index in [-0.39, 0.29) is 0 Å². The number of phenols is 1. The molecule has 1 aliphatic rings. The molecule has 3 nitrogen and oxygen atoms in total. The molecule has 0 saturated carbocycles. The first-order chi connectivity index (χ1) is 9.16. The number of hydrogen-bond acceptors (Lipinski definition) is 3. The highest BCUT2D eigenvalue weighted by Gasteiger charge is 2.14. The van der Waals surface area contributed by atoms with Crippen LogP contribution in [0.1, 0.15) is 25.3 Å². The highest BCUT2D eigenvalue weighted by Crippen LogP contribution is 2.27. The van der Waals surface area contributed by atoms with Gasteiger partial charge in [0.15, 0.2) is 0 Å². The van der Waals surface area contributed by atoms with Crippen molar-refractivity contribution < 1.29 is 5.11 Å². The van der Waals surface area contributed by atoms with E-state index in [1.54, 1.807) is 0 Å². The lowest BCUT2D eigenvalue weighted by Gasteiger charge is -2.30. The fourth-order valence-electron chi connectivity index (χ4n) is 2.45. The van der Waals surface area contributed by atoms with Crippen LogP contribution in [0.4, 0.5) is 0 Å². The first-order valence-corrected chi connectivity index (χ1v) is 7.85. The Hall–Kier alpha value is -0.580. The van der Waals surface area contributed by atoms with Gasteiger partial charge in [-0.05, 0) is 53.8 Å². The number of phenolic OH excluding ortho intramolecular Hbond substituents is 1. The Morgan fingerprint density at radius 2 is 2.11 bits per heavy atom. The van der Waals surface area contributed by atoms with Crippen molar-refractivity contribution >= 4 is 15.9 Å². The lowest BCUT2D eigenvalue weighted by molar-refractivity contribution is 0.193. The van der Waals surface area contributed by atoms with Crippen molar-refractivity contribution in [2.24, 2.45) is 5.92 Å². The zero-order valence-corrected chi connectivity index (χ0v) is 13.1. The first-order valence-electron chi connectivity index (χ1n) is 7.06. The Morgan fingerprint density at radius 3 is 2.84 bits per heavy atom. The van der Waals surface area contributed by atoms with Crippen molar-refractivity contribution in [3.8, 4) is 5.75 Å². The number of likely N-dealkylation sites (tertiary alicyclic amines) is 1. The van der Waals surface area contributed by atoms with Gasteiger partial charge >= 0.3 is 0 Å². The van der Waals surface area contributed by atoms with Crippen molar-refractivity contribution in [3.63, 3.8) is 0 Å². The van der Waals surface area contributed by atoms with E-state index in [1.807, 2.05) is 18.2 Å². The van der Waals surface area contributed by atoms with Crippen LogP contribution < -0.4 is 5.32 Å². The van der Waals surface area contributed by atoms with Crippen molar-refractivity contribution in [3.05, 3.63) is 28.2 Å². The monoisotopic (exact) mass is 326 g/mol. The van der Waals surface area contributed by atoms with Gasteiger partial charge in [-0.1, -0.05) is 19.1 Å². The van der Waals surface area contributed by atoms with E-state index in [9.17, 15) is 5.11 Å². The minimum absolute atomic E-state index is 0.349. The molecule has 2 rings (SSSR count). The molecule has 0 unspecified atom stereocenters. The van der Waals surface area contributed by atoms with E-state index < -0.39 is 0 Å². The molecular formula is C15H23BrN2O. The van der Waals surface area contributed by atoms with Crippen LogP contribution in [0.2, 0.25) is 0 Å². The van der Waals surface area contributed by atoms with Gasteiger partial charge in [0, 0.05) is 25.2 Å². The molecule has 0 amide bonds. The summed E-state index contributed by atoms with van der Waals surface area (Å²) in [5.41, 5.74) is 0.946. The van der Waals surface area contributed by atoms with Crippen LogP contribution in [-0.2, 0) is 6.54 Å². The molecule has 1 aromatic carbocycles. The Kier molecular flexibility index (Phi) is 5.67. The van der Waals surface area contributed by atoms with Gasteiger partial charge < -0.3 is 15.3 Å². The quantitative estimate of drug-likeness (QED) is 0.816. The Morgan fingerprint density at radius 1 is 1.37 bits per heavy atom. The van der Waals surface area contributed by atoms with Crippen molar-refractivity contribution in [2.45, 2.75) is 26.3 Å². The fraction of sp³-hybridized carbons (Fsp3) is 0.600. The Labute approximate surface area is 124 Å². The predicted octanol–water partition coefficient (Wildman–Crippen LogP) is 2.98. The highest BCUT2D eigenvalue weighted by atomic mass is 79.9. The van der Waals surface area contributed by atoms with Crippen molar-refractivity contribution in [2.75, 3.05) is 26.2 Å². The van der Waals surface area contributed by atoms with Crippen LogP contribution in [0.5, 0.6) is 5.75 Å². The van der Waals surface area contributed by atoms with Crippen molar-refractivity contribution in [1.29, 1.82) is 0 Å². The number of hydrogen-bond donors (Lipinski definition) is 2. The molecule has 19 heavy (non-hydrogen) atoms. The van der Waals surface area contributed by atoms with Crippen LogP contribution in [0.15, 0.2) is 22.7 Å². The summed E-state index contributed by atoms with van der Waals surface area (Å²) >= 11 is 3.34. The standard InChI is InChI=1S/C15H23BrN2O/c1-12-5-8-18(9-6-12)10-7-17-11-13-3-2-4-14(16)15(13)19/h2-4,12,17,19H,5-11H2,1H3. The van der Waals surface area contributed by atoms with E-state index in [1.165, 1.54) is 25.9 Å². The van der Waals surface area contributed by atoms with E-state index in [0.717, 1.165) is 35.6 Å². The molecule has 0 spiro atoms. The third kappa shape index (κ3) is 4.48. The summed E-state index contributed by atoms with van der Waals surface area (Å²) in [6.07, 6.45) is 2.65. The lowest BCUT2D eigenvalue weighted by atomic mass is 9.99. The summed E-state index contributed by atoms with van der Waals surface area (Å²) in [6.45, 7) is 7.58. The summed E-state index contributed by atoms with van der Waals surface area (Å²) in [5, 5.41) is 13.3. The molecule has 1 heterocycles. The summed E-state index contributed by atoms with van der Waals surface area (Å²) in [7, 11) is 0. The topological polar surface area (TPSA) is 35.5 Å². The molecule has 4 heteroatoms. The molecular weight excluding hydrogens is 304 g/mol. The molecule has 0 radical (unpaired) electrons. The second-order valence-electron chi connectivity index (χ2n) is 5.45. The maximum absolute atomic E-state index is 9.88. The molecule has 1 aromatic rings. The van der Waals surface area contributed by atoms with E-state index in [4.69, 9.17) is 0 Å². The average molecular weight is 327 g/mol. The third-order valence-corrected chi connectivity index (χ3v) is 4.51. The number of rotatable bonds is 5. The zero-order chi connectivity index (χ0) is 13.7. The molecule has 106 valence electrons. The number of nitrogens with one attached hydrogen (secondary N) is 1. The smallest absolute Gasteiger partial charge is 0.134 e. The van der Waals surface area contributed by atoms with Crippen LogP contribution in [0.3, 0.4) is 0 Å². The number of piperidine rings is 1. The molecule has 1 aliphatic heterocycles. The van der Waals surface area contributed by atoms with Crippen LogP contribution >= 0.6 is 15.9 Å². The SMILES string of the molecule is CC1CCN(CCNCc2cccc(Br)c2O)CC1. The van der Waals surface area contributed by atoms with Crippen molar-refractivity contribution in [1.82, 2.24) is 10.2 Å². The largest absolute Gasteiger partial charge is 0.506 e. The van der Waals surface area contributed by atoms with Crippen LogP contribution in [0.25, 0.3) is 0 Å². The third-order valence-electron chi connectivity index (χ3n) is 3.87. The molecule has 1 fully saturated rings. The van der Waals surface area contributed by atoms with Gasteiger partial charge in [0.2, 0.25) is 0 Å². The van der Waals surface area contributed by atoms with Gasteiger partial charge in [-0.25, -0.2) is 0 Å². The van der Waals surface area contributed by atoms with Gasteiger partial charge in [-0.3, -0.25) is 0 Å². The predicted molar refractivity (Wildman–Crippen MR) is 82.4 cm³/mol. The normalized spacial score (nSPS) is 17.8. The summed E-state index contributed by atoms with van der Waals surface area (Å²) in [5.74, 6) is 1.24. The average Bonchev–Trinajstić information content (AvgIpc) is 2.41. The van der Waals surface area contributed by atoms with E-state index in [2.05, 4.69) is 33.1 Å². The Balaban J connectivity index is 1.68. The van der Waals surface area contributed by atoms with Gasteiger partial charge in [0.05, 0.1) is 4.47 Å². The summed E-state index contributed by atoms with van der Waals surface area (Å²) in [4.78, 5) is 2.52. The molecule has 2 N–H and O–H groups in total. The van der Waals surface area contributed by atoms with E-state index >= 15 is 0 Å². The minimum atomic E-state index is 0.349. The number of para-hydroxylation sites is 1. The lowest BCUT2D eigenvalue weighted by Crippen LogP contribution is -2.37. The number of halogens is 1. The fourth-order valence-corrected chi connectivity index (χ4v) is 2.86. The molecule has 0 atom stereocenters. The molecule has 0 bridgehead atoms. The molecule has 0 aromatic heterocycles. The zero-order valence-electron chi connectivity index (χ0n) is 11.5. The molecule has 1 saturated heterocycles.